The molecule has 0 aromatic heterocycles. The van der Waals surface area contributed by atoms with Crippen molar-refractivity contribution in [3.63, 3.8) is 0 Å². The number of carbonyl (C=O) groups excluding carboxylic acids is 2. The van der Waals surface area contributed by atoms with Crippen molar-refractivity contribution in [1.29, 1.82) is 0 Å². The summed E-state index contributed by atoms with van der Waals surface area (Å²) < 4.78 is 10.5. The number of esters is 1. The normalized spacial score (nSPS) is 11.4. The van der Waals surface area contributed by atoms with Crippen molar-refractivity contribution >= 4 is 29.2 Å². The minimum atomic E-state index is -0.664. The molecule has 28 heavy (non-hydrogen) atoms. The highest BCUT2D eigenvalue weighted by molar-refractivity contribution is 6.30. The molecular weight excluding hydrogens is 388 g/mol. The molecule has 148 valence electrons. The summed E-state index contributed by atoms with van der Waals surface area (Å²) >= 11 is 5.77. The van der Waals surface area contributed by atoms with Gasteiger partial charge >= 0.3 is 11.7 Å². The van der Waals surface area contributed by atoms with Gasteiger partial charge in [-0.2, -0.15) is 0 Å². The number of ether oxygens (including phenoxy) is 2. The molecule has 9 heteroatoms. The Hall–Kier alpha value is -3.13. The van der Waals surface area contributed by atoms with Gasteiger partial charge in [-0.25, -0.2) is 4.79 Å². The summed E-state index contributed by atoms with van der Waals surface area (Å²) in [5, 5.41) is 14.0. The molecule has 0 aliphatic carbocycles. The maximum atomic E-state index is 12.0. The van der Waals surface area contributed by atoms with E-state index in [4.69, 9.17) is 21.1 Å². The Morgan fingerprint density at radius 2 is 1.89 bits per heavy atom. The topological polar surface area (TPSA) is 108 Å². The monoisotopic (exact) mass is 406 g/mol. The zero-order chi connectivity index (χ0) is 20.7. The Labute approximate surface area is 166 Å². The minimum absolute atomic E-state index is 0.000409. The summed E-state index contributed by atoms with van der Waals surface area (Å²) in [7, 11) is 0. The molecule has 0 spiro atoms. The van der Waals surface area contributed by atoms with Gasteiger partial charge in [0.15, 0.2) is 6.61 Å². The molecule has 0 unspecified atom stereocenters. The lowest BCUT2D eigenvalue weighted by Crippen LogP contribution is -2.35. The Kier molecular flexibility index (Phi) is 7.34. The van der Waals surface area contributed by atoms with Crippen molar-refractivity contribution in [1.82, 2.24) is 5.32 Å². The number of nitro groups is 1. The number of hydrogen-bond donors (Lipinski definition) is 1. The van der Waals surface area contributed by atoms with Gasteiger partial charge in [-0.3, -0.25) is 14.9 Å². The van der Waals surface area contributed by atoms with Gasteiger partial charge in [0.1, 0.15) is 5.75 Å². The molecule has 2 aromatic rings. The fraction of sp³-hybridized carbons (Fsp3) is 0.263. The summed E-state index contributed by atoms with van der Waals surface area (Å²) in [4.78, 5) is 34.1. The number of benzene rings is 2. The molecule has 0 fully saturated rings. The first kappa shape index (κ1) is 21.2. The predicted octanol–water partition coefficient (Wildman–Crippen LogP) is 4.11. The van der Waals surface area contributed by atoms with E-state index in [-0.39, 0.29) is 46.3 Å². The SMILES string of the molecule is CC[C@H](C)NC(=O)COC(=O)c1ccc(Oc2ccc(Cl)cc2[N+](=O)[O-])cc1. The highest BCUT2D eigenvalue weighted by atomic mass is 35.5. The first-order valence-corrected chi connectivity index (χ1v) is 8.86. The second-order valence-corrected chi connectivity index (χ2v) is 6.38. The predicted molar refractivity (Wildman–Crippen MR) is 103 cm³/mol. The molecule has 2 rings (SSSR count). The molecule has 1 amide bonds. The zero-order valence-electron chi connectivity index (χ0n) is 15.3. The lowest BCUT2D eigenvalue weighted by molar-refractivity contribution is -0.385. The summed E-state index contributed by atoms with van der Waals surface area (Å²) in [6.45, 7) is 3.40. The summed E-state index contributed by atoms with van der Waals surface area (Å²) in [6, 6.07) is 9.85. The van der Waals surface area contributed by atoms with E-state index in [9.17, 15) is 19.7 Å². The molecule has 1 N–H and O–H groups in total. The average Bonchev–Trinajstić information content (AvgIpc) is 2.67. The number of amides is 1. The van der Waals surface area contributed by atoms with Gasteiger partial charge in [0, 0.05) is 17.1 Å². The van der Waals surface area contributed by atoms with E-state index in [1.165, 1.54) is 42.5 Å². The molecule has 1 atom stereocenters. The van der Waals surface area contributed by atoms with E-state index < -0.39 is 10.9 Å². The number of nitrogens with one attached hydrogen (secondary N) is 1. The lowest BCUT2D eigenvalue weighted by atomic mass is 10.2. The maximum Gasteiger partial charge on any atom is 0.338 e. The van der Waals surface area contributed by atoms with Gasteiger partial charge < -0.3 is 14.8 Å². The molecule has 0 heterocycles. The third-order valence-electron chi connectivity index (χ3n) is 3.79. The van der Waals surface area contributed by atoms with Crippen LogP contribution in [-0.4, -0.2) is 29.4 Å². The number of nitro benzene ring substituents is 1. The second kappa shape index (κ2) is 9.70. The van der Waals surface area contributed by atoms with Crippen molar-refractivity contribution in [3.05, 3.63) is 63.2 Å². The summed E-state index contributed by atoms with van der Waals surface area (Å²) in [6.07, 6.45) is 0.771. The molecule has 0 aliphatic rings. The van der Waals surface area contributed by atoms with Crippen molar-refractivity contribution in [2.45, 2.75) is 26.3 Å². The van der Waals surface area contributed by atoms with Crippen LogP contribution in [-0.2, 0) is 9.53 Å². The Balaban J connectivity index is 1.99. The first-order valence-electron chi connectivity index (χ1n) is 8.48. The van der Waals surface area contributed by atoms with Crippen LogP contribution in [0.4, 0.5) is 5.69 Å². The largest absolute Gasteiger partial charge is 0.452 e. The summed E-state index contributed by atoms with van der Waals surface area (Å²) in [5.74, 6) is -0.732. The Morgan fingerprint density at radius 3 is 2.50 bits per heavy atom. The van der Waals surface area contributed by atoms with E-state index in [1.54, 1.807) is 0 Å². The molecule has 0 saturated heterocycles. The molecule has 2 aromatic carbocycles. The van der Waals surface area contributed by atoms with Crippen LogP contribution < -0.4 is 10.1 Å². The van der Waals surface area contributed by atoms with E-state index in [0.717, 1.165) is 6.42 Å². The molecule has 0 saturated carbocycles. The Bertz CT molecular complexity index is 869. The van der Waals surface area contributed by atoms with Crippen LogP contribution in [0.15, 0.2) is 42.5 Å². The number of carbonyl (C=O) groups is 2. The van der Waals surface area contributed by atoms with Crippen molar-refractivity contribution < 1.29 is 24.0 Å². The smallest absolute Gasteiger partial charge is 0.338 e. The zero-order valence-corrected chi connectivity index (χ0v) is 16.1. The molecule has 8 nitrogen and oxygen atoms in total. The van der Waals surface area contributed by atoms with E-state index in [1.807, 2.05) is 13.8 Å². The standard InChI is InChI=1S/C19H19ClN2O6/c1-3-12(2)21-18(23)11-27-19(24)13-4-7-15(8-5-13)28-17-9-6-14(20)10-16(17)22(25)26/h4-10,12H,3,11H2,1-2H3,(H,21,23)/t12-/m0/s1. The van der Waals surface area contributed by atoms with Gasteiger partial charge in [0.05, 0.1) is 10.5 Å². The second-order valence-electron chi connectivity index (χ2n) is 5.95. The van der Waals surface area contributed by atoms with Crippen molar-refractivity contribution in [2.75, 3.05) is 6.61 Å². The van der Waals surface area contributed by atoms with Crippen LogP contribution in [0, 0.1) is 10.1 Å². The third-order valence-corrected chi connectivity index (χ3v) is 4.02. The fourth-order valence-electron chi connectivity index (χ4n) is 2.14. The maximum absolute atomic E-state index is 12.0. The van der Waals surface area contributed by atoms with Crippen LogP contribution in [0.5, 0.6) is 11.5 Å². The van der Waals surface area contributed by atoms with E-state index >= 15 is 0 Å². The molecule has 0 aliphatic heterocycles. The first-order chi connectivity index (χ1) is 13.3. The van der Waals surface area contributed by atoms with Gasteiger partial charge in [-0.15, -0.1) is 0 Å². The fourth-order valence-corrected chi connectivity index (χ4v) is 2.30. The van der Waals surface area contributed by atoms with Crippen LogP contribution in [0.1, 0.15) is 30.6 Å². The highest BCUT2D eigenvalue weighted by Crippen LogP contribution is 2.33. The van der Waals surface area contributed by atoms with Gasteiger partial charge in [0.2, 0.25) is 5.75 Å². The minimum Gasteiger partial charge on any atom is -0.452 e. The third kappa shape index (κ3) is 5.95. The molecular formula is C19H19ClN2O6. The van der Waals surface area contributed by atoms with E-state index in [2.05, 4.69) is 5.32 Å². The van der Waals surface area contributed by atoms with Gasteiger partial charge in [0.25, 0.3) is 5.91 Å². The quantitative estimate of drug-likeness (QED) is 0.401. The van der Waals surface area contributed by atoms with E-state index in [0.29, 0.717) is 0 Å². The Morgan fingerprint density at radius 1 is 1.21 bits per heavy atom. The highest BCUT2D eigenvalue weighted by Gasteiger charge is 2.17. The van der Waals surface area contributed by atoms with Crippen LogP contribution in [0.2, 0.25) is 5.02 Å². The lowest BCUT2D eigenvalue weighted by Gasteiger charge is -2.11. The number of nitrogens with zero attached hydrogens (tertiary/aromatic N) is 1. The van der Waals surface area contributed by atoms with Crippen LogP contribution in [0.3, 0.4) is 0 Å². The van der Waals surface area contributed by atoms with Crippen LogP contribution >= 0.6 is 11.6 Å². The number of hydrogen-bond acceptors (Lipinski definition) is 6. The number of rotatable bonds is 8. The van der Waals surface area contributed by atoms with Crippen LogP contribution in [0.25, 0.3) is 0 Å². The average molecular weight is 407 g/mol. The molecule has 0 radical (unpaired) electrons. The van der Waals surface area contributed by atoms with Gasteiger partial charge in [-0.1, -0.05) is 18.5 Å². The van der Waals surface area contributed by atoms with Crippen molar-refractivity contribution in [3.8, 4) is 11.5 Å². The van der Waals surface area contributed by atoms with Crippen molar-refractivity contribution in [2.24, 2.45) is 0 Å². The summed E-state index contributed by atoms with van der Waals surface area (Å²) in [5.41, 5.74) is -0.0578. The van der Waals surface area contributed by atoms with Gasteiger partial charge in [-0.05, 0) is 49.7 Å². The number of halogens is 1. The molecule has 0 bridgehead atoms.